The maximum atomic E-state index is 13.4. The van der Waals surface area contributed by atoms with Crippen LogP contribution in [0.15, 0.2) is 95.4 Å². The van der Waals surface area contributed by atoms with E-state index in [4.69, 9.17) is 9.47 Å². The van der Waals surface area contributed by atoms with Gasteiger partial charge in [-0.05, 0) is 29.8 Å². The van der Waals surface area contributed by atoms with Gasteiger partial charge in [0.25, 0.3) is 5.91 Å². The number of aliphatic imine (C=N–C) groups is 1. The summed E-state index contributed by atoms with van der Waals surface area (Å²) in [6, 6.07) is 19.2. The highest BCUT2D eigenvalue weighted by atomic mass is 32.2. The Morgan fingerprint density at radius 3 is 2.62 bits per heavy atom. The molecule has 1 unspecified atom stereocenters. The number of fused-ring (bicyclic) bond motifs is 1. The number of amides is 1. The molecule has 1 aromatic heterocycles. The number of carbonyl (C=O) groups is 2. The molecule has 5 rings (SSSR count). The van der Waals surface area contributed by atoms with Crippen LogP contribution in [-0.4, -0.2) is 52.4 Å². The van der Waals surface area contributed by atoms with Gasteiger partial charge in [-0.15, -0.1) is 11.8 Å². The van der Waals surface area contributed by atoms with Gasteiger partial charge in [-0.25, -0.2) is 9.36 Å². The third-order valence-corrected chi connectivity index (χ3v) is 7.53. The molecule has 37 heavy (non-hydrogen) atoms. The zero-order valence-corrected chi connectivity index (χ0v) is 21.0. The van der Waals surface area contributed by atoms with Gasteiger partial charge in [-0.1, -0.05) is 30.3 Å². The first-order chi connectivity index (χ1) is 18.0. The summed E-state index contributed by atoms with van der Waals surface area (Å²) < 4.78 is 12.8. The molecular weight excluding hydrogens is 490 g/mol. The summed E-state index contributed by atoms with van der Waals surface area (Å²) in [5.74, 6) is 0.566. The van der Waals surface area contributed by atoms with E-state index in [9.17, 15) is 14.7 Å². The Hall–Kier alpha value is -4.11. The lowest BCUT2D eigenvalue weighted by molar-refractivity contribution is -0.689. The number of hydrogen-bond acceptors (Lipinski definition) is 7. The summed E-state index contributed by atoms with van der Waals surface area (Å²) in [4.78, 5) is 32.6. The normalized spacial score (nSPS) is 18.9. The lowest BCUT2D eigenvalue weighted by Gasteiger charge is -2.47. The third-order valence-electron chi connectivity index (χ3n) is 6.20. The fourth-order valence-electron chi connectivity index (χ4n) is 4.23. The lowest BCUT2D eigenvalue weighted by atomic mass is 10.0. The van der Waals surface area contributed by atoms with Crippen molar-refractivity contribution in [3.63, 3.8) is 0 Å². The van der Waals surface area contributed by atoms with Crippen molar-refractivity contribution in [2.24, 2.45) is 4.99 Å². The number of thioether (sulfide) groups is 1. The summed E-state index contributed by atoms with van der Waals surface area (Å²) >= 11 is 1.57. The highest BCUT2D eigenvalue weighted by Crippen LogP contribution is 2.42. The fourth-order valence-corrected chi connectivity index (χ4v) is 5.56. The zero-order valence-electron chi connectivity index (χ0n) is 20.2. The van der Waals surface area contributed by atoms with Crippen molar-refractivity contribution in [3.8, 4) is 11.5 Å². The highest BCUT2D eigenvalue weighted by Gasteiger charge is 2.54. The van der Waals surface area contributed by atoms with Crippen molar-refractivity contribution in [1.82, 2.24) is 4.90 Å². The first-order valence-electron chi connectivity index (χ1n) is 11.8. The number of methoxy groups -OCH3 is 1. The Morgan fingerprint density at radius 2 is 1.89 bits per heavy atom. The molecule has 1 saturated heterocycles. The monoisotopic (exact) mass is 516 g/mol. The van der Waals surface area contributed by atoms with Crippen LogP contribution in [-0.2, 0) is 27.5 Å². The Morgan fingerprint density at radius 1 is 1.14 bits per heavy atom. The number of hydrogen-bond donors (Lipinski definition) is 1. The molecule has 2 aromatic carbocycles. The summed E-state index contributed by atoms with van der Waals surface area (Å²) in [5, 5.41) is 9.70. The highest BCUT2D eigenvalue weighted by molar-refractivity contribution is 8.00. The number of nitrogens with zero attached hydrogens (tertiary/aromatic N) is 3. The summed E-state index contributed by atoms with van der Waals surface area (Å²) in [6.07, 6.45) is 5.35. The lowest BCUT2D eigenvalue weighted by Crippen LogP contribution is -2.64. The average Bonchev–Trinajstić information content (AvgIpc) is 2.93. The minimum Gasteiger partial charge on any atom is -0.507 e. The molecule has 3 aromatic rings. The van der Waals surface area contributed by atoms with Crippen molar-refractivity contribution in [2.75, 3.05) is 12.9 Å². The zero-order chi connectivity index (χ0) is 25.8. The van der Waals surface area contributed by atoms with Crippen LogP contribution in [0.4, 0.5) is 0 Å². The van der Waals surface area contributed by atoms with Crippen molar-refractivity contribution in [3.05, 3.63) is 102 Å². The van der Waals surface area contributed by atoms with Crippen LogP contribution in [0, 0.1) is 0 Å². The van der Waals surface area contributed by atoms with E-state index in [1.807, 2.05) is 47.3 Å². The second-order valence-corrected chi connectivity index (χ2v) is 9.72. The van der Waals surface area contributed by atoms with Gasteiger partial charge in [-0.3, -0.25) is 14.7 Å². The van der Waals surface area contributed by atoms with E-state index in [2.05, 4.69) is 4.99 Å². The van der Waals surface area contributed by atoms with Crippen LogP contribution < -0.4 is 9.30 Å². The molecule has 3 heterocycles. The Bertz CT molecular complexity index is 1360. The summed E-state index contributed by atoms with van der Waals surface area (Å²) in [6.45, 7) is 0.538. The molecule has 2 aliphatic heterocycles. The van der Waals surface area contributed by atoms with E-state index in [1.165, 1.54) is 11.1 Å². The van der Waals surface area contributed by atoms with E-state index in [-0.39, 0.29) is 29.3 Å². The Labute approximate surface area is 218 Å². The molecule has 9 heteroatoms. The predicted molar refractivity (Wildman–Crippen MR) is 139 cm³/mol. The minimum atomic E-state index is -0.639. The number of phenols is 1. The van der Waals surface area contributed by atoms with Gasteiger partial charge >= 0.3 is 5.97 Å². The number of carbonyl (C=O) groups excluding carboxylic acids is 2. The Balaban J connectivity index is 1.38. The van der Waals surface area contributed by atoms with Gasteiger partial charge in [-0.2, -0.15) is 0 Å². The van der Waals surface area contributed by atoms with E-state index < -0.39 is 12.0 Å². The third kappa shape index (κ3) is 5.22. The van der Waals surface area contributed by atoms with Crippen LogP contribution in [0.5, 0.6) is 11.5 Å². The van der Waals surface area contributed by atoms with Gasteiger partial charge in [0.1, 0.15) is 29.2 Å². The molecular formula is C28H26N3O5S+. The molecule has 0 aliphatic carbocycles. The molecule has 0 bridgehead atoms. The fraction of sp³-hybridized carbons (Fsp3) is 0.214. The van der Waals surface area contributed by atoms with Crippen molar-refractivity contribution >= 4 is 29.9 Å². The topological polar surface area (TPSA) is 92.3 Å². The van der Waals surface area contributed by atoms with Crippen LogP contribution in [0.1, 0.15) is 11.1 Å². The molecule has 2 aliphatic rings. The summed E-state index contributed by atoms with van der Waals surface area (Å²) in [5.41, 5.74) is 2.45. The second kappa shape index (κ2) is 10.9. The van der Waals surface area contributed by atoms with Crippen LogP contribution in [0.25, 0.3) is 0 Å². The minimum absolute atomic E-state index is 0.0762. The maximum absolute atomic E-state index is 13.4. The second-order valence-electron chi connectivity index (χ2n) is 8.62. The van der Waals surface area contributed by atoms with E-state index in [0.717, 1.165) is 11.1 Å². The number of esters is 1. The van der Waals surface area contributed by atoms with E-state index in [0.29, 0.717) is 23.6 Å². The van der Waals surface area contributed by atoms with Crippen LogP contribution in [0.2, 0.25) is 0 Å². The maximum Gasteiger partial charge on any atom is 0.355 e. The van der Waals surface area contributed by atoms with Gasteiger partial charge in [0, 0.05) is 35.2 Å². The van der Waals surface area contributed by atoms with Crippen LogP contribution >= 0.6 is 11.8 Å². The molecule has 1 N–H and O–H groups in total. The first-order valence-corrected chi connectivity index (χ1v) is 12.8. The number of β-lactam (4-membered cyclic amide) rings is 1. The molecule has 0 spiro atoms. The number of pyridine rings is 1. The van der Waals surface area contributed by atoms with Crippen LogP contribution in [0.3, 0.4) is 0 Å². The van der Waals surface area contributed by atoms with Gasteiger partial charge in [0.15, 0.2) is 25.0 Å². The van der Waals surface area contributed by atoms with E-state index >= 15 is 0 Å². The SMILES string of the molecule is COc1ccc(COC(=O)C2=C(C[n+]3ccccc3)CSC3[C@H](N=Cc4ccccc4O)C(=O)N23)cc1. The van der Waals surface area contributed by atoms with Crippen molar-refractivity contribution in [2.45, 2.75) is 24.6 Å². The number of aromatic hydroxyl groups is 1. The average molecular weight is 517 g/mol. The molecule has 8 nitrogen and oxygen atoms in total. The number of ether oxygens (including phenoxy) is 2. The molecule has 1 fully saturated rings. The van der Waals surface area contributed by atoms with Crippen molar-refractivity contribution < 1.29 is 28.7 Å². The molecule has 188 valence electrons. The van der Waals surface area contributed by atoms with Gasteiger partial charge < -0.3 is 14.6 Å². The smallest absolute Gasteiger partial charge is 0.355 e. The number of para-hydroxylation sites is 1. The van der Waals surface area contributed by atoms with Crippen molar-refractivity contribution in [1.29, 1.82) is 0 Å². The largest absolute Gasteiger partial charge is 0.507 e. The summed E-state index contributed by atoms with van der Waals surface area (Å²) in [7, 11) is 1.59. The molecule has 2 atom stereocenters. The first kappa shape index (κ1) is 24.6. The Kier molecular flexibility index (Phi) is 7.23. The predicted octanol–water partition coefficient (Wildman–Crippen LogP) is 3.09. The quantitative estimate of drug-likeness (QED) is 0.214. The number of benzene rings is 2. The van der Waals surface area contributed by atoms with E-state index in [1.54, 1.807) is 55.3 Å². The molecule has 0 radical (unpaired) electrons. The number of rotatable bonds is 8. The van der Waals surface area contributed by atoms with Gasteiger partial charge in [0.2, 0.25) is 0 Å². The van der Waals surface area contributed by atoms with Gasteiger partial charge in [0.05, 0.1) is 7.11 Å². The molecule has 1 amide bonds. The number of phenolic OH excluding ortho intramolecular Hbond substituents is 1. The molecule has 0 saturated carbocycles. The standard InChI is InChI=1S/C28H25N3O5S/c1-35-22-11-9-19(10-12-22)17-36-28(34)25-21(16-30-13-5-2-6-14-30)18-37-27-24(26(33)31(25)27)29-15-20-7-3-4-8-23(20)32/h2-15,24,27H,16-18H2,1H3/p+1/t24-,27?/m1/s1. The number of aromatic nitrogens is 1.